The van der Waals surface area contributed by atoms with Crippen molar-refractivity contribution in [3.63, 3.8) is 0 Å². The number of H-pyrrole nitrogens is 1. The van der Waals surface area contributed by atoms with Crippen molar-refractivity contribution in [3.05, 3.63) is 110 Å². The van der Waals surface area contributed by atoms with Gasteiger partial charge < -0.3 is 5.11 Å². The third-order valence-corrected chi connectivity index (χ3v) is 6.80. The summed E-state index contributed by atoms with van der Waals surface area (Å²) in [5.74, 6) is 0.855. The normalized spacial score (nSPS) is 13.3. The number of hydrogen-bond donors (Lipinski definition) is 2. The largest absolute Gasteiger partial charge is 0.512 e. The lowest BCUT2D eigenvalue weighted by atomic mass is 9.96. The maximum atomic E-state index is 13.9. The van der Waals surface area contributed by atoms with E-state index < -0.39 is 5.76 Å². The van der Waals surface area contributed by atoms with Crippen LogP contribution in [0.4, 0.5) is 0 Å². The quantitative estimate of drug-likeness (QED) is 0.326. The molecule has 194 valence electrons. The van der Waals surface area contributed by atoms with Gasteiger partial charge in [-0.3, -0.25) is 18.9 Å². The van der Waals surface area contributed by atoms with Crippen molar-refractivity contribution in [3.8, 4) is 22.5 Å². The first kappa shape index (κ1) is 25.2. The second kappa shape index (κ2) is 10.9. The average molecular weight is 511 g/mol. The summed E-state index contributed by atoms with van der Waals surface area (Å²) in [6, 6.07) is 15.7. The SMILES string of the molecule is CCCc1nc(CC)n(C2=CC=C(O)CC2)c(=O)c1Cc1ccc(-c2ccccc2-c2noc(=O)[nH]2)cc1. The second-order valence-electron chi connectivity index (χ2n) is 9.38. The van der Waals surface area contributed by atoms with E-state index in [4.69, 9.17) is 9.51 Å². The number of hydrogen-bond acceptors (Lipinski definition) is 6. The fourth-order valence-electron chi connectivity index (χ4n) is 4.90. The Hall–Kier alpha value is -4.46. The Morgan fingerprint density at radius 3 is 2.39 bits per heavy atom. The highest BCUT2D eigenvalue weighted by molar-refractivity contribution is 5.80. The van der Waals surface area contributed by atoms with Crippen LogP contribution in [0.15, 0.2) is 80.6 Å². The summed E-state index contributed by atoms with van der Waals surface area (Å²) in [7, 11) is 0. The minimum Gasteiger partial charge on any atom is -0.512 e. The Balaban J connectivity index is 1.52. The van der Waals surface area contributed by atoms with Crippen LogP contribution in [0.2, 0.25) is 0 Å². The summed E-state index contributed by atoms with van der Waals surface area (Å²) in [5, 5.41) is 13.6. The summed E-state index contributed by atoms with van der Waals surface area (Å²) in [6.07, 6.45) is 7.33. The highest BCUT2D eigenvalue weighted by Gasteiger charge is 2.20. The van der Waals surface area contributed by atoms with Gasteiger partial charge in [-0.2, -0.15) is 0 Å². The highest BCUT2D eigenvalue weighted by Crippen LogP contribution is 2.30. The summed E-state index contributed by atoms with van der Waals surface area (Å²) >= 11 is 0. The molecular formula is C30H30N4O4. The van der Waals surface area contributed by atoms with Crippen LogP contribution in [-0.2, 0) is 19.3 Å². The molecule has 1 aliphatic rings. The van der Waals surface area contributed by atoms with Gasteiger partial charge in [0.15, 0.2) is 5.82 Å². The molecule has 2 aromatic carbocycles. The number of aliphatic hydroxyl groups is 1. The van der Waals surface area contributed by atoms with Crippen molar-refractivity contribution >= 4 is 5.70 Å². The van der Waals surface area contributed by atoms with Crippen molar-refractivity contribution in [2.24, 2.45) is 0 Å². The molecule has 0 saturated heterocycles. The van der Waals surface area contributed by atoms with Crippen molar-refractivity contribution in [1.29, 1.82) is 0 Å². The number of benzene rings is 2. The van der Waals surface area contributed by atoms with Crippen LogP contribution in [0.3, 0.4) is 0 Å². The third kappa shape index (κ3) is 5.02. The smallest absolute Gasteiger partial charge is 0.439 e. The highest BCUT2D eigenvalue weighted by atomic mass is 16.5. The van der Waals surface area contributed by atoms with Gasteiger partial charge in [0, 0.05) is 36.1 Å². The first-order valence-corrected chi connectivity index (χ1v) is 13.0. The number of aryl methyl sites for hydroxylation is 2. The third-order valence-electron chi connectivity index (χ3n) is 6.80. The zero-order valence-corrected chi connectivity index (χ0v) is 21.5. The van der Waals surface area contributed by atoms with Crippen molar-refractivity contribution < 1.29 is 9.63 Å². The van der Waals surface area contributed by atoms with E-state index in [1.54, 1.807) is 10.6 Å². The van der Waals surface area contributed by atoms with Crippen LogP contribution in [0.1, 0.15) is 55.8 Å². The molecule has 2 heterocycles. The molecule has 2 N–H and O–H groups in total. The number of nitrogens with zero attached hydrogens (tertiary/aromatic N) is 3. The first-order chi connectivity index (χ1) is 18.5. The predicted molar refractivity (Wildman–Crippen MR) is 147 cm³/mol. The molecule has 0 bridgehead atoms. The Bertz CT molecular complexity index is 1640. The van der Waals surface area contributed by atoms with E-state index in [9.17, 15) is 14.7 Å². The Morgan fingerprint density at radius 2 is 1.76 bits per heavy atom. The molecule has 2 aromatic heterocycles. The Morgan fingerprint density at radius 1 is 1.00 bits per heavy atom. The van der Waals surface area contributed by atoms with Gasteiger partial charge in [0.1, 0.15) is 5.82 Å². The summed E-state index contributed by atoms with van der Waals surface area (Å²) in [5.41, 5.74) is 6.01. The van der Waals surface area contributed by atoms with Gasteiger partial charge in [-0.15, -0.1) is 0 Å². The van der Waals surface area contributed by atoms with Gasteiger partial charge in [-0.05, 0) is 41.7 Å². The maximum absolute atomic E-state index is 13.9. The van der Waals surface area contributed by atoms with Gasteiger partial charge in [-0.1, -0.05) is 74.0 Å². The number of aromatic amines is 1. The molecule has 8 heteroatoms. The fraction of sp³-hybridized carbons (Fsp3) is 0.267. The van der Waals surface area contributed by atoms with E-state index in [2.05, 4.69) is 17.1 Å². The molecule has 0 aliphatic heterocycles. The topological polar surface area (TPSA) is 114 Å². The molecule has 0 amide bonds. The molecule has 4 aromatic rings. The summed E-state index contributed by atoms with van der Waals surface area (Å²) in [6.45, 7) is 4.10. The van der Waals surface area contributed by atoms with E-state index >= 15 is 0 Å². The minimum atomic E-state index is -0.599. The van der Waals surface area contributed by atoms with E-state index in [0.29, 0.717) is 42.8 Å². The molecule has 0 saturated carbocycles. The standard InChI is InChI=1S/C30H30N4O4/c1-3-7-26-25(29(36)34(27(4-2)31-26)21-14-16-22(35)17-15-21)18-19-10-12-20(13-11-19)23-8-5-6-9-24(23)28-32-30(37)38-33-28/h5-6,8-14,16,35H,3-4,7,15,17-18H2,1-2H3,(H,32,33,37). The monoisotopic (exact) mass is 510 g/mol. The molecule has 38 heavy (non-hydrogen) atoms. The lowest BCUT2D eigenvalue weighted by molar-refractivity contribution is 0.387. The molecule has 0 unspecified atom stereocenters. The number of aliphatic hydroxyl groups excluding tert-OH is 1. The second-order valence-corrected chi connectivity index (χ2v) is 9.38. The van der Waals surface area contributed by atoms with Crippen LogP contribution in [0.25, 0.3) is 28.2 Å². The average Bonchev–Trinajstić information content (AvgIpc) is 3.37. The van der Waals surface area contributed by atoms with Crippen LogP contribution < -0.4 is 11.3 Å². The van der Waals surface area contributed by atoms with Gasteiger partial charge in [0.25, 0.3) is 5.56 Å². The molecule has 1 aliphatic carbocycles. The summed E-state index contributed by atoms with van der Waals surface area (Å²) < 4.78 is 6.43. The maximum Gasteiger partial charge on any atom is 0.439 e. The zero-order valence-electron chi connectivity index (χ0n) is 21.5. The van der Waals surface area contributed by atoms with Gasteiger partial charge in [0.2, 0.25) is 0 Å². The molecule has 5 rings (SSSR count). The van der Waals surface area contributed by atoms with E-state index in [0.717, 1.165) is 52.3 Å². The zero-order chi connectivity index (χ0) is 26.6. The number of rotatable bonds is 8. The van der Waals surface area contributed by atoms with E-state index in [1.807, 2.05) is 61.5 Å². The van der Waals surface area contributed by atoms with Crippen molar-refractivity contribution in [2.45, 2.75) is 52.4 Å². The molecule has 0 spiro atoms. The minimum absolute atomic E-state index is 0.0363. The lowest BCUT2D eigenvalue weighted by Gasteiger charge is -2.20. The van der Waals surface area contributed by atoms with Gasteiger partial charge >= 0.3 is 5.76 Å². The van der Waals surface area contributed by atoms with Crippen molar-refractivity contribution in [2.75, 3.05) is 0 Å². The number of allylic oxidation sites excluding steroid dienone is 4. The Labute approximate surface area is 220 Å². The number of aromatic nitrogens is 4. The van der Waals surface area contributed by atoms with Crippen LogP contribution >= 0.6 is 0 Å². The molecular weight excluding hydrogens is 480 g/mol. The van der Waals surface area contributed by atoms with E-state index in [-0.39, 0.29) is 5.56 Å². The van der Waals surface area contributed by atoms with Crippen LogP contribution in [0, 0.1) is 0 Å². The van der Waals surface area contributed by atoms with E-state index in [1.165, 1.54) is 0 Å². The Kier molecular flexibility index (Phi) is 7.22. The first-order valence-electron chi connectivity index (χ1n) is 13.0. The van der Waals surface area contributed by atoms with Crippen molar-refractivity contribution in [1.82, 2.24) is 19.7 Å². The molecule has 0 fully saturated rings. The lowest BCUT2D eigenvalue weighted by Crippen LogP contribution is -2.30. The van der Waals surface area contributed by atoms with Gasteiger partial charge in [-0.25, -0.2) is 9.78 Å². The number of nitrogens with one attached hydrogen (secondary N) is 1. The van der Waals surface area contributed by atoms with Gasteiger partial charge in [0.05, 0.1) is 11.5 Å². The molecule has 0 radical (unpaired) electrons. The van der Waals surface area contributed by atoms with Crippen LogP contribution in [-0.4, -0.2) is 24.8 Å². The fourth-order valence-corrected chi connectivity index (χ4v) is 4.90. The summed E-state index contributed by atoms with van der Waals surface area (Å²) in [4.78, 5) is 32.9. The van der Waals surface area contributed by atoms with Crippen LogP contribution in [0.5, 0.6) is 0 Å². The molecule has 0 atom stereocenters. The molecule has 8 nitrogen and oxygen atoms in total. The predicted octanol–water partition coefficient (Wildman–Crippen LogP) is 5.44.